The molecule has 0 spiro atoms. The van der Waals surface area contributed by atoms with E-state index >= 15 is 0 Å². The lowest BCUT2D eigenvalue weighted by Gasteiger charge is -1.90. The second kappa shape index (κ2) is 4.32. The molecule has 0 aromatic rings. The van der Waals surface area contributed by atoms with Crippen molar-refractivity contribution in [2.24, 2.45) is 5.16 Å². The lowest BCUT2D eigenvalue weighted by atomic mass is 10.4. The highest BCUT2D eigenvalue weighted by Crippen LogP contribution is 1.79. The monoisotopic (exact) mass is 142 g/mol. The molecule has 0 aliphatic heterocycles. The number of nitrogens with zero attached hydrogens (tertiary/aromatic N) is 2. The van der Waals surface area contributed by atoms with Gasteiger partial charge >= 0.3 is 5.97 Å². The molecular weight excluding hydrogens is 136 g/mol. The Morgan fingerprint density at radius 1 is 1.90 bits per heavy atom. The second-order valence-corrected chi connectivity index (χ2v) is 1.41. The van der Waals surface area contributed by atoms with E-state index in [0.29, 0.717) is 0 Å². The fourth-order valence-electron chi connectivity index (χ4n) is 0.197. The van der Waals surface area contributed by atoms with Crippen LogP contribution in [0.1, 0.15) is 6.92 Å². The van der Waals surface area contributed by atoms with Gasteiger partial charge < -0.3 is 9.94 Å². The Labute approximate surface area is 57.5 Å². The van der Waals surface area contributed by atoms with Gasteiger partial charge in [-0.3, -0.25) is 0 Å². The zero-order valence-corrected chi connectivity index (χ0v) is 5.37. The molecule has 0 saturated carbocycles. The summed E-state index contributed by atoms with van der Waals surface area (Å²) in [6.45, 7) is 1.05. The first-order chi connectivity index (χ1) is 4.68. The van der Waals surface area contributed by atoms with E-state index in [1.807, 2.05) is 0 Å². The van der Waals surface area contributed by atoms with Crippen LogP contribution in [0, 0.1) is 11.3 Å². The normalized spacial score (nSPS) is 10.2. The Balaban J connectivity index is 3.72. The summed E-state index contributed by atoms with van der Waals surface area (Å²) in [5, 5.41) is 19.2. The summed E-state index contributed by atoms with van der Waals surface area (Å²) < 4.78 is 0. The average molecular weight is 142 g/mol. The van der Waals surface area contributed by atoms with Crippen LogP contribution in [0.5, 0.6) is 0 Å². The van der Waals surface area contributed by atoms with Crippen molar-refractivity contribution in [3.05, 3.63) is 0 Å². The Hall–Kier alpha value is -1.57. The van der Waals surface area contributed by atoms with Crippen molar-refractivity contribution < 1.29 is 14.7 Å². The lowest BCUT2D eigenvalue weighted by molar-refractivity contribution is -0.129. The van der Waals surface area contributed by atoms with Crippen molar-refractivity contribution in [1.82, 2.24) is 0 Å². The topological polar surface area (TPSA) is 82.7 Å². The van der Waals surface area contributed by atoms with Gasteiger partial charge in [0.2, 0.25) is 6.61 Å². The molecule has 0 atom stereocenters. The first-order valence-electron chi connectivity index (χ1n) is 2.45. The molecule has 0 heterocycles. The maximum absolute atomic E-state index is 10.00. The molecule has 0 amide bonds. The van der Waals surface area contributed by atoms with Crippen LogP contribution in [-0.4, -0.2) is 23.4 Å². The number of aliphatic carboxylic acids is 1. The molecule has 5 heteroatoms. The van der Waals surface area contributed by atoms with Gasteiger partial charge in [0, 0.05) is 0 Å². The van der Waals surface area contributed by atoms with E-state index in [1.54, 1.807) is 6.07 Å². The Kier molecular flexibility index (Phi) is 3.64. The minimum Gasteiger partial charge on any atom is -0.477 e. The average Bonchev–Trinajstić information content (AvgIpc) is 1.88. The van der Waals surface area contributed by atoms with Crippen LogP contribution < -0.4 is 0 Å². The third kappa shape index (κ3) is 3.43. The summed E-state index contributed by atoms with van der Waals surface area (Å²) in [6.07, 6.45) is 0. The van der Waals surface area contributed by atoms with Crippen molar-refractivity contribution in [1.29, 1.82) is 5.26 Å². The summed E-state index contributed by atoms with van der Waals surface area (Å²) in [7, 11) is 0. The molecule has 0 fully saturated rings. The summed E-state index contributed by atoms with van der Waals surface area (Å²) in [6, 6.07) is 1.64. The number of hydrogen-bond donors (Lipinski definition) is 1. The van der Waals surface area contributed by atoms with Gasteiger partial charge in [-0.25, -0.2) is 4.79 Å². The lowest BCUT2D eigenvalue weighted by Crippen LogP contribution is -2.08. The molecule has 0 aromatic carbocycles. The van der Waals surface area contributed by atoms with Crippen molar-refractivity contribution in [3.8, 4) is 6.07 Å². The van der Waals surface area contributed by atoms with Gasteiger partial charge in [0.15, 0.2) is 5.71 Å². The molecule has 0 aliphatic rings. The Morgan fingerprint density at radius 3 is 2.90 bits per heavy atom. The van der Waals surface area contributed by atoms with Gasteiger partial charge in [0.1, 0.15) is 6.07 Å². The highest BCUT2D eigenvalue weighted by molar-refractivity contribution is 6.34. The first kappa shape index (κ1) is 8.43. The number of carbonyl (C=O) groups is 1. The number of carboxylic acids is 1. The van der Waals surface area contributed by atoms with Crippen LogP contribution >= 0.6 is 0 Å². The number of rotatable bonds is 3. The summed E-state index contributed by atoms with van der Waals surface area (Å²) in [5.41, 5.74) is -0.171. The highest BCUT2D eigenvalue weighted by Gasteiger charge is 2.00. The van der Waals surface area contributed by atoms with E-state index in [-0.39, 0.29) is 12.3 Å². The number of carboxylic acid groups (broad SMARTS) is 1. The SMILES string of the molecule is C/C(=N\OCC#N)C(=O)O. The fraction of sp³-hybridized carbons (Fsp3) is 0.400. The summed E-state index contributed by atoms with van der Waals surface area (Å²) in [5.74, 6) is -1.15. The van der Waals surface area contributed by atoms with E-state index in [2.05, 4.69) is 9.99 Å². The molecule has 1 N–H and O–H groups in total. The van der Waals surface area contributed by atoms with Crippen molar-refractivity contribution in [3.63, 3.8) is 0 Å². The molecule has 0 bridgehead atoms. The minimum absolute atomic E-state index is 0.171. The largest absolute Gasteiger partial charge is 0.477 e. The predicted octanol–water partition coefficient (Wildman–Crippen LogP) is -0.0129. The van der Waals surface area contributed by atoms with E-state index in [0.717, 1.165) is 0 Å². The van der Waals surface area contributed by atoms with Gasteiger partial charge in [-0.05, 0) is 6.92 Å². The standard InChI is InChI=1S/C5H6N2O3/c1-4(5(8)9)7-10-3-2-6/h3H2,1H3,(H,8,9)/b7-4+. The molecule has 0 rings (SSSR count). The summed E-state index contributed by atoms with van der Waals surface area (Å²) >= 11 is 0. The van der Waals surface area contributed by atoms with Crippen molar-refractivity contribution in [2.45, 2.75) is 6.92 Å². The van der Waals surface area contributed by atoms with Crippen LogP contribution in [0.2, 0.25) is 0 Å². The maximum atomic E-state index is 10.00. The van der Waals surface area contributed by atoms with E-state index < -0.39 is 5.97 Å². The molecule has 10 heavy (non-hydrogen) atoms. The highest BCUT2D eigenvalue weighted by atomic mass is 16.6. The molecule has 0 unspecified atom stereocenters. The predicted molar refractivity (Wildman–Crippen MR) is 32.3 cm³/mol. The quantitative estimate of drug-likeness (QED) is 0.341. The molecule has 0 saturated heterocycles. The third-order valence-electron chi connectivity index (χ3n) is 0.640. The van der Waals surface area contributed by atoms with Gasteiger partial charge in [-0.1, -0.05) is 5.16 Å². The third-order valence-corrected chi connectivity index (χ3v) is 0.640. The zero-order chi connectivity index (χ0) is 7.98. The molecule has 54 valence electrons. The first-order valence-corrected chi connectivity index (χ1v) is 2.45. The van der Waals surface area contributed by atoms with Gasteiger partial charge in [-0.2, -0.15) is 5.26 Å². The molecule has 0 aliphatic carbocycles. The number of hydrogen-bond acceptors (Lipinski definition) is 4. The van der Waals surface area contributed by atoms with Crippen LogP contribution in [0.3, 0.4) is 0 Å². The van der Waals surface area contributed by atoms with Crippen molar-refractivity contribution >= 4 is 11.7 Å². The molecule has 0 radical (unpaired) electrons. The number of oxime groups is 1. The Bertz CT molecular complexity index is 192. The Morgan fingerprint density at radius 2 is 2.50 bits per heavy atom. The van der Waals surface area contributed by atoms with Crippen molar-refractivity contribution in [2.75, 3.05) is 6.61 Å². The van der Waals surface area contributed by atoms with Crippen LogP contribution in [0.15, 0.2) is 5.16 Å². The smallest absolute Gasteiger partial charge is 0.353 e. The fourth-order valence-corrected chi connectivity index (χ4v) is 0.197. The number of nitriles is 1. The van der Waals surface area contributed by atoms with Crippen LogP contribution in [-0.2, 0) is 9.63 Å². The van der Waals surface area contributed by atoms with E-state index in [4.69, 9.17) is 10.4 Å². The molecular formula is C5H6N2O3. The van der Waals surface area contributed by atoms with E-state index in [1.165, 1.54) is 6.92 Å². The van der Waals surface area contributed by atoms with Gasteiger partial charge in [0.25, 0.3) is 0 Å². The summed E-state index contributed by atoms with van der Waals surface area (Å²) in [4.78, 5) is 14.3. The minimum atomic E-state index is -1.15. The molecule has 0 aromatic heterocycles. The van der Waals surface area contributed by atoms with E-state index in [9.17, 15) is 4.79 Å². The molecule has 5 nitrogen and oxygen atoms in total. The van der Waals surface area contributed by atoms with Crippen LogP contribution in [0.4, 0.5) is 0 Å². The second-order valence-electron chi connectivity index (χ2n) is 1.41. The zero-order valence-electron chi connectivity index (χ0n) is 5.37. The van der Waals surface area contributed by atoms with Crippen LogP contribution in [0.25, 0.3) is 0 Å². The van der Waals surface area contributed by atoms with Gasteiger partial charge in [-0.15, -0.1) is 0 Å². The van der Waals surface area contributed by atoms with Gasteiger partial charge in [0.05, 0.1) is 0 Å². The maximum Gasteiger partial charge on any atom is 0.353 e.